The molecule has 0 spiro atoms. The van der Waals surface area contributed by atoms with Gasteiger partial charge in [-0.05, 0) is 31.5 Å². The van der Waals surface area contributed by atoms with Crippen molar-refractivity contribution in [3.8, 4) is 0 Å². The zero-order valence-electron chi connectivity index (χ0n) is 14.2. The first-order valence-corrected chi connectivity index (χ1v) is 8.17. The van der Waals surface area contributed by atoms with Gasteiger partial charge >= 0.3 is 24.7 Å². The van der Waals surface area contributed by atoms with E-state index in [-0.39, 0.29) is 13.0 Å². The third kappa shape index (κ3) is 8.27. The Morgan fingerprint density at radius 1 is 0.690 bits per heavy atom. The van der Waals surface area contributed by atoms with Crippen molar-refractivity contribution < 1.29 is 57.1 Å². The van der Waals surface area contributed by atoms with Crippen LogP contribution in [0, 0.1) is 11.8 Å². The van der Waals surface area contributed by atoms with Crippen molar-refractivity contribution in [1.29, 1.82) is 0 Å². The normalized spacial score (nSPS) is 16.3. The molecular weight excluding hydrogens is 461 g/mol. The van der Waals surface area contributed by atoms with Gasteiger partial charge in [-0.2, -0.15) is 52.7 Å². The van der Waals surface area contributed by atoms with E-state index in [1.54, 1.807) is 0 Å². The summed E-state index contributed by atoms with van der Waals surface area (Å²) in [6.07, 6.45) is -31.8. The van der Waals surface area contributed by atoms with Crippen molar-refractivity contribution in [1.82, 2.24) is 0 Å². The molecule has 0 aliphatic heterocycles. The molecular formula is C14H14F13NS. The molecule has 29 heavy (non-hydrogen) atoms. The van der Waals surface area contributed by atoms with Gasteiger partial charge in [0.2, 0.25) is 0 Å². The van der Waals surface area contributed by atoms with Crippen molar-refractivity contribution in [3.63, 3.8) is 0 Å². The Bertz CT molecular complexity index is 540. The van der Waals surface area contributed by atoms with E-state index in [1.165, 1.54) is 0 Å². The highest BCUT2D eigenvalue weighted by Gasteiger charge is 2.74. The lowest BCUT2D eigenvalue weighted by Gasteiger charge is -2.35. The minimum atomic E-state index is -6.80. The van der Waals surface area contributed by atoms with Gasteiger partial charge in [-0.3, -0.25) is 0 Å². The number of hydrogen-bond donors (Lipinski definition) is 0. The maximum Gasteiger partial charge on any atom is 0.431 e. The Hall–Kier alpha value is -1.11. The average molecular weight is 475 g/mol. The van der Waals surface area contributed by atoms with Crippen LogP contribution in [0.1, 0.15) is 32.1 Å². The summed E-state index contributed by atoms with van der Waals surface area (Å²) >= 11 is 4.18. The van der Waals surface area contributed by atoms with Gasteiger partial charge in [0, 0.05) is 13.0 Å². The van der Waals surface area contributed by atoms with Gasteiger partial charge in [-0.1, -0.05) is 6.42 Å². The van der Waals surface area contributed by atoms with E-state index < -0.39 is 67.9 Å². The quantitative estimate of drug-likeness (QED) is 0.148. The molecule has 0 N–H and O–H groups in total. The molecule has 0 aromatic rings. The van der Waals surface area contributed by atoms with Gasteiger partial charge < -0.3 is 0 Å². The third-order valence-corrected chi connectivity index (χ3v) is 4.19. The summed E-state index contributed by atoms with van der Waals surface area (Å²) < 4.78 is 167. The summed E-state index contributed by atoms with van der Waals surface area (Å²) in [5.74, 6) is -6.72. The Morgan fingerprint density at radius 3 is 1.48 bits per heavy atom. The molecule has 15 heteroatoms. The highest BCUT2D eigenvalue weighted by molar-refractivity contribution is 7.78. The van der Waals surface area contributed by atoms with E-state index in [9.17, 15) is 57.1 Å². The number of rotatable bonds is 9. The zero-order chi connectivity index (χ0) is 23.3. The smallest absolute Gasteiger partial charge is 0.233 e. The van der Waals surface area contributed by atoms with E-state index in [0.717, 1.165) is 0 Å². The molecule has 0 rings (SSSR count). The van der Waals surface area contributed by atoms with Crippen molar-refractivity contribution in [2.75, 3.05) is 6.54 Å². The van der Waals surface area contributed by atoms with E-state index in [4.69, 9.17) is 0 Å². The number of alkyl halides is 13. The topological polar surface area (TPSA) is 12.4 Å². The number of aliphatic imine (C=N–C) groups is 1. The first kappa shape index (κ1) is 27.9. The largest absolute Gasteiger partial charge is 0.431 e. The summed E-state index contributed by atoms with van der Waals surface area (Å²) in [6, 6.07) is 0. The molecule has 0 fully saturated rings. The number of unbranched alkanes of at least 4 members (excludes halogenated alkanes) is 1. The minimum Gasteiger partial charge on any atom is -0.233 e. The Labute approximate surface area is 161 Å². The standard InChI is InChI=1S/C14H14F13NS/c15-10(13(22,23)24,14(25,26)27)6-9(12(19,20)21)5-8(11(16,17)18)3-1-2-4-28-7-29/h8-9H,1-6H2. The number of thiocarbonyl (C=S) groups is 1. The van der Waals surface area contributed by atoms with Crippen LogP contribution in [-0.4, -0.2) is 42.1 Å². The van der Waals surface area contributed by atoms with E-state index >= 15 is 0 Å². The summed E-state index contributed by atoms with van der Waals surface area (Å²) in [4.78, 5) is 3.34. The lowest BCUT2D eigenvalue weighted by Crippen LogP contribution is -2.55. The molecule has 0 bridgehead atoms. The Morgan fingerprint density at radius 2 is 1.14 bits per heavy atom. The highest BCUT2D eigenvalue weighted by Crippen LogP contribution is 2.53. The highest BCUT2D eigenvalue weighted by atomic mass is 32.1. The summed E-state index contributed by atoms with van der Waals surface area (Å²) in [5, 5.41) is 1.87. The van der Waals surface area contributed by atoms with Crippen molar-refractivity contribution in [2.45, 2.75) is 62.5 Å². The van der Waals surface area contributed by atoms with E-state index in [0.29, 0.717) is 0 Å². The molecule has 1 nitrogen and oxygen atoms in total. The Kier molecular flexibility index (Phi) is 9.42. The summed E-state index contributed by atoms with van der Waals surface area (Å²) in [7, 11) is 0. The molecule has 172 valence electrons. The van der Waals surface area contributed by atoms with E-state index in [2.05, 4.69) is 17.2 Å². The number of halogens is 13. The molecule has 0 aromatic heterocycles. The average Bonchev–Trinajstić information content (AvgIpc) is 2.47. The van der Waals surface area contributed by atoms with Crippen LogP contribution in [-0.2, 0) is 0 Å². The molecule has 0 radical (unpaired) electrons. The van der Waals surface area contributed by atoms with Gasteiger partial charge in [-0.25, -0.2) is 9.38 Å². The fourth-order valence-corrected chi connectivity index (χ4v) is 2.54. The van der Waals surface area contributed by atoms with Crippen LogP contribution in [0.4, 0.5) is 57.1 Å². The number of hydrogen-bond acceptors (Lipinski definition) is 2. The van der Waals surface area contributed by atoms with Crippen molar-refractivity contribution >= 4 is 17.4 Å². The monoisotopic (exact) mass is 475 g/mol. The number of nitrogens with zero attached hydrogens (tertiary/aromatic N) is 1. The summed E-state index contributed by atoms with van der Waals surface area (Å²) in [5.41, 5.74) is -6.32. The van der Waals surface area contributed by atoms with Crippen molar-refractivity contribution in [2.24, 2.45) is 16.8 Å². The van der Waals surface area contributed by atoms with Crippen LogP contribution in [0.5, 0.6) is 0 Å². The second-order valence-corrected chi connectivity index (χ2v) is 6.36. The second-order valence-electron chi connectivity index (χ2n) is 6.18. The molecule has 0 saturated heterocycles. The first-order chi connectivity index (χ1) is 12.8. The lowest BCUT2D eigenvalue weighted by molar-refractivity contribution is -0.353. The predicted molar refractivity (Wildman–Crippen MR) is 78.0 cm³/mol. The molecule has 0 heterocycles. The number of isothiocyanates is 1. The van der Waals surface area contributed by atoms with Crippen LogP contribution < -0.4 is 0 Å². The lowest BCUT2D eigenvalue weighted by atomic mass is 9.82. The molecule has 0 saturated carbocycles. The van der Waals surface area contributed by atoms with Crippen LogP contribution in [0.25, 0.3) is 0 Å². The van der Waals surface area contributed by atoms with Crippen LogP contribution in [0.3, 0.4) is 0 Å². The molecule has 0 amide bonds. The van der Waals surface area contributed by atoms with Gasteiger partial charge in [0.1, 0.15) is 0 Å². The van der Waals surface area contributed by atoms with Gasteiger partial charge in [0.05, 0.1) is 17.0 Å². The van der Waals surface area contributed by atoms with Crippen LogP contribution in [0.15, 0.2) is 4.99 Å². The first-order valence-electron chi connectivity index (χ1n) is 7.76. The molecule has 2 atom stereocenters. The predicted octanol–water partition coefficient (Wildman–Crippen LogP) is 7.23. The fraction of sp³-hybridized carbons (Fsp3) is 0.929. The van der Waals surface area contributed by atoms with Crippen LogP contribution in [0.2, 0.25) is 0 Å². The fourth-order valence-electron chi connectivity index (χ4n) is 2.45. The Balaban J connectivity index is 5.71. The maximum atomic E-state index is 13.7. The minimum absolute atomic E-state index is 0.0922. The zero-order valence-corrected chi connectivity index (χ0v) is 15.0. The third-order valence-electron chi connectivity index (χ3n) is 4.06. The van der Waals surface area contributed by atoms with Gasteiger partial charge in [0.25, 0.3) is 5.67 Å². The molecule has 2 unspecified atom stereocenters. The van der Waals surface area contributed by atoms with Gasteiger partial charge in [0.15, 0.2) is 0 Å². The van der Waals surface area contributed by atoms with Crippen LogP contribution >= 0.6 is 12.2 Å². The second kappa shape index (κ2) is 9.80. The molecule has 0 aromatic carbocycles. The van der Waals surface area contributed by atoms with Crippen molar-refractivity contribution in [3.05, 3.63) is 0 Å². The SMILES string of the molecule is FC(F)(F)C(CCCCN=C=S)CC(CC(F)(C(F)(F)F)C(F)(F)F)C(F)(F)F. The summed E-state index contributed by atoms with van der Waals surface area (Å²) in [6.45, 7) is -0.119. The molecule has 0 aliphatic rings. The maximum absolute atomic E-state index is 13.7. The van der Waals surface area contributed by atoms with E-state index in [1.807, 2.05) is 5.16 Å². The van der Waals surface area contributed by atoms with Gasteiger partial charge in [-0.15, -0.1) is 0 Å². The molecule has 0 aliphatic carbocycles.